The Hall–Kier alpha value is -0.400. The highest BCUT2D eigenvalue weighted by Gasteiger charge is 2.57. The van der Waals surface area contributed by atoms with Crippen molar-refractivity contribution in [1.82, 2.24) is 0 Å². The fraction of sp³-hybridized carbons (Fsp3) is 1.00. The molecular weight excluding hydrogens is 124 g/mol. The molecule has 2 fully saturated rings. The van der Waals surface area contributed by atoms with E-state index < -0.39 is 0 Å². The second kappa shape index (κ2) is 1.44. The van der Waals surface area contributed by atoms with Crippen molar-refractivity contribution in [1.29, 1.82) is 0 Å². The lowest BCUT2D eigenvalue weighted by molar-refractivity contribution is 0.248. The van der Waals surface area contributed by atoms with Crippen molar-refractivity contribution in [2.45, 2.75) is 43.7 Å². The molecule has 10 heavy (non-hydrogen) atoms. The van der Waals surface area contributed by atoms with Gasteiger partial charge in [0.15, 0.2) is 0 Å². The second-order valence-electron chi connectivity index (χ2n) is 3.89. The summed E-state index contributed by atoms with van der Waals surface area (Å²) in [6.45, 7) is 0. The zero-order chi connectivity index (χ0) is 6.60. The van der Waals surface area contributed by atoms with Gasteiger partial charge in [0.05, 0.1) is 6.04 Å². The third-order valence-electron chi connectivity index (χ3n) is 3.59. The molecule has 2 saturated carbocycles. The fourth-order valence-electron chi connectivity index (χ4n) is 3.00. The molecule has 0 N–H and O–H groups in total. The summed E-state index contributed by atoms with van der Waals surface area (Å²) in [5.74, 6) is 0.926. The van der Waals surface area contributed by atoms with Crippen LogP contribution in [-0.2, 0) is 0 Å². The molecule has 3 aliphatic rings. The van der Waals surface area contributed by atoms with Gasteiger partial charge in [-0.3, -0.25) is 0 Å². The van der Waals surface area contributed by atoms with Gasteiger partial charge in [-0.1, -0.05) is 6.42 Å². The van der Waals surface area contributed by atoms with E-state index in [-0.39, 0.29) is 0 Å². The van der Waals surface area contributed by atoms with Crippen molar-refractivity contribution < 1.29 is 0 Å². The monoisotopic (exact) mass is 136 g/mol. The first kappa shape index (κ1) is 5.28. The van der Waals surface area contributed by atoms with Crippen LogP contribution in [0.15, 0.2) is 10.2 Å². The Kier molecular flexibility index (Phi) is 0.758. The Bertz CT molecular complexity index is 199. The van der Waals surface area contributed by atoms with Gasteiger partial charge in [-0.15, -0.1) is 0 Å². The summed E-state index contributed by atoms with van der Waals surface area (Å²) >= 11 is 0. The molecule has 1 aliphatic heterocycles. The summed E-state index contributed by atoms with van der Waals surface area (Å²) in [6, 6.07) is 0.653. The van der Waals surface area contributed by atoms with Crippen molar-refractivity contribution in [3.05, 3.63) is 0 Å². The van der Waals surface area contributed by atoms with Crippen LogP contribution in [0, 0.1) is 5.92 Å². The smallest absolute Gasteiger partial charge is 0.108 e. The standard InChI is InChI=1S/C8H12N2/c1-2-6-3-4-7-8(6,5-1)10-9-7/h6-7H,1-5H2. The molecule has 3 rings (SSSR count). The van der Waals surface area contributed by atoms with Crippen LogP contribution in [0.3, 0.4) is 0 Å². The number of hydrogen-bond acceptors (Lipinski definition) is 2. The maximum Gasteiger partial charge on any atom is 0.108 e. The molecular formula is C8H12N2. The van der Waals surface area contributed by atoms with Crippen molar-refractivity contribution in [2.75, 3.05) is 0 Å². The average molecular weight is 136 g/mol. The average Bonchev–Trinajstić information content (AvgIpc) is 2.38. The summed E-state index contributed by atoms with van der Waals surface area (Å²) in [4.78, 5) is 0. The van der Waals surface area contributed by atoms with E-state index in [9.17, 15) is 0 Å². The van der Waals surface area contributed by atoms with Crippen LogP contribution < -0.4 is 0 Å². The highest BCUT2D eigenvalue weighted by atomic mass is 15.3. The molecule has 0 aromatic rings. The maximum absolute atomic E-state index is 4.35. The van der Waals surface area contributed by atoms with Gasteiger partial charge in [0.25, 0.3) is 0 Å². The largest absolute Gasteiger partial charge is 0.187 e. The zero-order valence-electron chi connectivity index (χ0n) is 6.08. The molecule has 54 valence electrons. The van der Waals surface area contributed by atoms with Gasteiger partial charge in [0.2, 0.25) is 0 Å². The van der Waals surface area contributed by atoms with Gasteiger partial charge in [-0.05, 0) is 31.6 Å². The Morgan fingerprint density at radius 1 is 1.20 bits per heavy atom. The van der Waals surface area contributed by atoms with E-state index >= 15 is 0 Å². The summed E-state index contributed by atoms with van der Waals surface area (Å²) in [5.41, 5.74) is 0.403. The van der Waals surface area contributed by atoms with Gasteiger partial charge in [0.1, 0.15) is 5.54 Å². The lowest BCUT2D eigenvalue weighted by Crippen LogP contribution is -2.42. The number of hydrogen-bond donors (Lipinski definition) is 0. The van der Waals surface area contributed by atoms with Crippen molar-refractivity contribution in [3.63, 3.8) is 0 Å². The van der Waals surface area contributed by atoms with Gasteiger partial charge in [-0.25, -0.2) is 0 Å². The first-order chi connectivity index (χ1) is 4.92. The van der Waals surface area contributed by atoms with Crippen LogP contribution in [0.1, 0.15) is 32.1 Å². The topological polar surface area (TPSA) is 24.7 Å². The highest BCUT2D eigenvalue weighted by Crippen LogP contribution is 2.55. The van der Waals surface area contributed by atoms with Gasteiger partial charge < -0.3 is 0 Å². The fourth-order valence-corrected chi connectivity index (χ4v) is 3.00. The molecule has 2 aliphatic carbocycles. The Morgan fingerprint density at radius 2 is 2.20 bits per heavy atom. The highest BCUT2D eigenvalue weighted by molar-refractivity contribution is 5.15. The number of rotatable bonds is 0. The first-order valence-electron chi connectivity index (χ1n) is 4.34. The second-order valence-corrected chi connectivity index (χ2v) is 3.89. The van der Waals surface area contributed by atoms with E-state index in [1.54, 1.807) is 0 Å². The van der Waals surface area contributed by atoms with E-state index in [1.165, 1.54) is 32.1 Å². The minimum atomic E-state index is 0.403. The van der Waals surface area contributed by atoms with E-state index in [0.717, 1.165) is 5.92 Å². The number of nitrogens with zero attached hydrogens (tertiary/aromatic N) is 2. The molecule has 0 bridgehead atoms. The summed E-state index contributed by atoms with van der Waals surface area (Å²) in [6.07, 6.45) is 6.90. The van der Waals surface area contributed by atoms with Gasteiger partial charge in [-0.2, -0.15) is 10.2 Å². The van der Waals surface area contributed by atoms with Gasteiger partial charge >= 0.3 is 0 Å². The van der Waals surface area contributed by atoms with Crippen LogP contribution in [0.5, 0.6) is 0 Å². The van der Waals surface area contributed by atoms with Crippen LogP contribution in [0.25, 0.3) is 0 Å². The lowest BCUT2D eigenvalue weighted by Gasteiger charge is -2.34. The predicted molar refractivity (Wildman–Crippen MR) is 38.0 cm³/mol. The molecule has 1 spiro atoms. The Morgan fingerprint density at radius 3 is 2.90 bits per heavy atom. The van der Waals surface area contributed by atoms with Crippen molar-refractivity contribution in [2.24, 2.45) is 16.1 Å². The molecule has 3 unspecified atom stereocenters. The van der Waals surface area contributed by atoms with Crippen molar-refractivity contribution in [3.8, 4) is 0 Å². The lowest BCUT2D eigenvalue weighted by atomic mass is 9.86. The molecule has 2 nitrogen and oxygen atoms in total. The minimum absolute atomic E-state index is 0.403. The molecule has 1 heterocycles. The molecule has 0 aromatic carbocycles. The summed E-state index contributed by atoms with van der Waals surface area (Å²) in [5, 5.41) is 8.54. The molecule has 0 amide bonds. The van der Waals surface area contributed by atoms with E-state index in [1.807, 2.05) is 0 Å². The number of azo groups is 1. The van der Waals surface area contributed by atoms with Crippen molar-refractivity contribution >= 4 is 0 Å². The predicted octanol–water partition coefficient (Wildman–Crippen LogP) is 2.15. The molecule has 0 saturated heterocycles. The third kappa shape index (κ3) is 0.378. The van der Waals surface area contributed by atoms with Crippen LogP contribution in [0.4, 0.5) is 0 Å². The summed E-state index contributed by atoms with van der Waals surface area (Å²) < 4.78 is 0. The van der Waals surface area contributed by atoms with E-state index in [0.29, 0.717) is 11.6 Å². The maximum atomic E-state index is 4.35. The minimum Gasteiger partial charge on any atom is -0.187 e. The third-order valence-corrected chi connectivity index (χ3v) is 3.59. The SMILES string of the molecule is C1CC2CCC3N=NC23C1. The Balaban J connectivity index is 2.05. The van der Waals surface area contributed by atoms with Crippen LogP contribution in [-0.4, -0.2) is 11.6 Å². The van der Waals surface area contributed by atoms with Crippen LogP contribution >= 0.6 is 0 Å². The first-order valence-corrected chi connectivity index (χ1v) is 4.34. The van der Waals surface area contributed by atoms with Crippen LogP contribution in [0.2, 0.25) is 0 Å². The normalized spacial score (nSPS) is 56.0. The molecule has 3 atom stereocenters. The summed E-state index contributed by atoms with van der Waals surface area (Å²) in [7, 11) is 0. The zero-order valence-corrected chi connectivity index (χ0v) is 6.08. The molecule has 0 aromatic heterocycles. The molecule has 2 heteroatoms. The van der Waals surface area contributed by atoms with E-state index in [4.69, 9.17) is 0 Å². The Labute approximate surface area is 60.7 Å². The quantitative estimate of drug-likeness (QED) is 0.487. The van der Waals surface area contributed by atoms with E-state index in [2.05, 4.69) is 10.2 Å². The molecule has 0 radical (unpaired) electrons. The van der Waals surface area contributed by atoms with Gasteiger partial charge in [0, 0.05) is 0 Å².